The Morgan fingerprint density at radius 1 is 1.44 bits per heavy atom. The minimum atomic E-state index is -0.179. The number of hydrogen-bond acceptors (Lipinski definition) is 3. The van der Waals surface area contributed by atoms with Crippen molar-refractivity contribution in [1.82, 2.24) is 5.32 Å². The van der Waals surface area contributed by atoms with Crippen LogP contribution in [0.2, 0.25) is 0 Å². The summed E-state index contributed by atoms with van der Waals surface area (Å²) in [6.07, 6.45) is 1.72. The summed E-state index contributed by atoms with van der Waals surface area (Å²) in [6.45, 7) is 4.52. The molecule has 1 aromatic rings. The van der Waals surface area contributed by atoms with Gasteiger partial charge in [-0.2, -0.15) is 0 Å². The van der Waals surface area contributed by atoms with Crippen molar-refractivity contribution < 1.29 is 15.0 Å². The number of benzene rings is 1. The average molecular weight is 251 g/mol. The van der Waals surface area contributed by atoms with E-state index >= 15 is 0 Å². The van der Waals surface area contributed by atoms with E-state index < -0.39 is 0 Å². The molecule has 0 aliphatic rings. The number of rotatable bonds is 6. The molecule has 4 heteroatoms. The van der Waals surface area contributed by atoms with Crippen LogP contribution >= 0.6 is 0 Å². The molecule has 3 N–H and O–H groups in total. The predicted octanol–water partition coefficient (Wildman–Crippen LogP) is 1.84. The first-order valence-corrected chi connectivity index (χ1v) is 6.23. The lowest BCUT2D eigenvalue weighted by molar-refractivity contribution is 0.0951. The van der Waals surface area contributed by atoms with Crippen molar-refractivity contribution in [2.45, 2.75) is 26.7 Å². The summed E-state index contributed by atoms with van der Waals surface area (Å²) < 4.78 is 0. The molecule has 4 nitrogen and oxygen atoms in total. The first-order valence-electron chi connectivity index (χ1n) is 6.23. The topological polar surface area (TPSA) is 69.6 Å². The fourth-order valence-electron chi connectivity index (χ4n) is 1.60. The fraction of sp³-hybridized carbons (Fsp3) is 0.500. The second-order valence-electron chi connectivity index (χ2n) is 4.69. The fourth-order valence-corrected chi connectivity index (χ4v) is 1.60. The number of hydrogen-bond donors (Lipinski definition) is 3. The van der Waals surface area contributed by atoms with Gasteiger partial charge in [-0.05, 0) is 43.4 Å². The third-order valence-corrected chi connectivity index (χ3v) is 2.94. The molecule has 0 fully saturated rings. The van der Waals surface area contributed by atoms with E-state index in [0.717, 1.165) is 18.4 Å². The van der Waals surface area contributed by atoms with Crippen molar-refractivity contribution in [1.29, 1.82) is 0 Å². The molecule has 0 heterocycles. The lowest BCUT2D eigenvalue weighted by atomic mass is 10.1. The summed E-state index contributed by atoms with van der Waals surface area (Å²) in [4.78, 5) is 11.8. The number of amides is 1. The lowest BCUT2D eigenvalue weighted by Gasteiger charge is -2.09. The SMILES string of the molecule is Cc1ccc(C(=O)NCCCC(C)CO)cc1O. The van der Waals surface area contributed by atoms with Gasteiger partial charge in [0, 0.05) is 18.7 Å². The van der Waals surface area contributed by atoms with E-state index in [0.29, 0.717) is 12.1 Å². The van der Waals surface area contributed by atoms with Gasteiger partial charge in [-0.3, -0.25) is 4.79 Å². The standard InChI is InChI=1S/C14H21NO3/c1-10(9-16)4-3-7-15-14(18)12-6-5-11(2)13(17)8-12/h5-6,8,10,16-17H,3-4,7,9H2,1-2H3,(H,15,18). The third-order valence-electron chi connectivity index (χ3n) is 2.94. The lowest BCUT2D eigenvalue weighted by Crippen LogP contribution is -2.24. The number of carbonyl (C=O) groups is 1. The number of phenols is 1. The monoisotopic (exact) mass is 251 g/mol. The molecular formula is C14H21NO3. The van der Waals surface area contributed by atoms with Crippen LogP contribution in [-0.4, -0.2) is 29.3 Å². The van der Waals surface area contributed by atoms with Crippen molar-refractivity contribution in [3.63, 3.8) is 0 Å². The van der Waals surface area contributed by atoms with Crippen LogP contribution in [0.3, 0.4) is 0 Å². The smallest absolute Gasteiger partial charge is 0.251 e. The molecular weight excluding hydrogens is 230 g/mol. The van der Waals surface area contributed by atoms with Crippen LogP contribution in [0, 0.1) is 12.8 Å². The van der Waals surface area contributed by atoms with Crippen LogP contribution < -0.4 is 5.32 Å². The van der Waals surface area contributed by atoms with Crippen molar-refractivity contribution in [3.05, 3.63) is 29.3 Å². The largest absolute Gasteiger partial charge is 0.508 e. The summed E-state index contributed by atoms with van der Waals surface area (Å²) >= 11 is 0. The van der Waals surface area contributed by atoms with E-state index in [1.54, 1.807) is 19.1 Å². The summed E-state index contributed by atoms with van der Waals surface area (Å²) in [6, 6.07) is 4.89. The van der Waals surface area contributed by atoms with Gasteiger partial charge >= 0.3 is 0 Å². The molecule has 100 valence electrons. The minimum Gasteiger partial charge on any atom is -0.508 e. The van der Waals surface area contributed by atoms with Gasteiger partial charge in [-0.1, -0.05) is 13.0 Å². The van der Waals surface area contributed by atoms with Gasteiger partial charge in [0.2, 0.25) is 0 Å². The molecule has 0 radical (unpaired) electrons. The average Bonchev–Trinajstić information content (AvgIpc) is 2.37. The number of aromatic hydroxyl groups is 1. The van der Waals surface area contributed by atoms with Crippen LogP contribution in [0.25, 0.3) is 0 Å². The van der Waals surface area contributed by atoms with Gasteiger partial charge in [0.25, 0.3) is 5.91 Å². The Hall–Kier alpha value is -1.55. The number of phenolic OH excluding ortho intramolecular Hbond substituents is 1. The Labute approximate surface area is 108 Å². The molecule has 1 amide bonds. The Bertz CT molecular complexity index is 404. The van der Waals surface area contributed by atoms with Crippen LogP contribution in [0.1, 0.15) is 35.7 Å². The van der Waals surface area contributed by atoms with Gasteiger partial charge < -0.3 is 15.5 Å². The molecule has 0 spiro atoms. The highest BCUT2D eigenvalue weighted by Crippen LogP contribution is 2.17. The van der Waals surface area contributed by atoms with Crippen LogP contribution in [0.5, 0.6) is 5.75 Å². The van der Waals surface area contributed by atoms with E-state index in [2.05, 4.69) is 5.32 Å². The molecule has 0 aliphatic heterocycles. The molecule has 18 heavy (non-hydrogen) atoms. The second-order valence-corrected chi connectivity index (χ2v) is 4.69. The Balaban J connectivity index is 2.39. The normalized spacial score (nSPS) is 12.2. The van der Waals surface area contributed by atoms with Crippen molar-refractivity contribution >= 4 is 5.91 Å². The first kappa shape index (κ1) is 14.5. The zero-order chi connectivity index (χ0) is 13.5. The molecule has 0 bridgehead atoms. The number of aliphatic hydroxyl groups excluding tert-OH is 1. The molecule has 1 rings (SSSR count). The molecule has 0 aliphatic carbocycles. The molecule has 0 aromatic heterocycles. The van der Waals surface area contributed by atoms with Crippen molar-refractivity contribution in [3.8, 4) is 5.75 Å². The first-order chi connectivity index (χ1) is 8.54. The maximum Gasteiger partial charge on any atom is 0.251 e. The predicted molar refractivity (Wildman–Crippen MR) is 70.7 cm³/mol. The second kappa shape index (κ2) is 7.01. The number of aliphatic hydroxyl groups is 1. The summed E-state index contributed by atoms with van der Waals surface area (Å²) in [5.74, 6) is 0.226. The van der Waals surface area contributed by atoms with Crippen LogP contribution in [0.4, 0.5) is 0 Å². The highest BCUT2D eigenvalue weighted by Gasteiger charge is 2.07. The third kappa shape index (κ3) is 4.37. The van der Waals surface area contributed by atoms with Gasteiger partial charge in [0.15, 0.2) is 0 Å². The van der Waals surface area contributed by atoms with Gasteiger partial charge in [-0.25, -0.2) is 0 Å². The molecule has 1 aromatic carbocycles. The van der Waals surface area contributed by atoms with E-state index in [1.807, 2.05) is 6.92 Å². The zero-order valence-electron chi connectivity index (χ0n) is 10.9. The highest BCUT2D eigenvalue weighted by molar-refractivity contribution is 5.94. The minimum absolute atomic E-state index is 0.136. The quantitative estimate of drug-likeness (QED) is 0.676. The van der Waals surface area contributed by atoms with Crippen molar-refractivity contribution in [2.24, 2.45) is 5.92 Å². The van der Waals surface area contributed by atoms with Crippen LogP contribution in [-0.2, 0) is 0 Å². The van der Waals surface area contributed by atoms with Gasteiger partial charge in [-0.15, -0.1) is 0 Å². The molecule has 1 atom stereocenters. The van der Waals surface area contributed by atoms with E-state index in [9.17, 15) is 9.90 Å². The van der Waals surface area contributed by atoms with Crippen LogP contribution in [0.15, 0.2) is 18.2 Å². The molecule has 1 unspecified atom stereocenters. The summed E-state index contributed by atoms with van der Waals surface area (Å²) in [7, 11) is 0. The Morgan fingerprint density at radius 3 is 2.78 bits per heavy atom. The molecule has 0 saturated carbocycles. The number of aryl methyl sites for hydroxylation is 1. The maximum atomic E-state index is 11.8. The van der Waals surface area contributed by atoms with E-state index in [4.69, 9.17) is 5.11 Å². The number of carbonyl (C=O) groups excluding carboxylic acids is 1. The highest BCUT2D eigenvalue weighted by atomic mass is 16.3. The Kier molecular flexibility index (Phi) is 5.65. The van der Waals surface area contributed by atoms with Crippen molar-refractivity contribution in [2.75, 3.05) is 13.2 Å². The summed E-state index contributed by atoms with van der Waals surface area (Å²) in [5.41, 5.74) is 1.22. The summed E-state index contributed by atoms with van der Waals surface area (Å²) in [5, 5.41) is 21.2. The maximum absolute atomic E-state index is 11.8. The number of nitrogens with one attached hydrogen (secondary N) is 1. The van der Waals surface area contributed by atoms with Gasteiger partial charge in [0.05, 0.1) is 0 Å². The zero-order valence-corrected chi connectivity index (χ0v) is 10.9. The Morgan fingerprint density at radius 2 is 2.17 bits per heavy atom. The van der Waals surface area contributed by atoms with Gasteiger partial charge in [0.1, 0.15) is 5.75 Å². The molecule has 0 saturated heterocycles. The van der Waals surface area contributed by atoms with E-state index in [1.165, 1.54) is 6.07 Å². The van der Waals surface area contributed by atoms with E-state index in [-0.39, 0.29) is 24.2 Å².